The van der Waals surface area contributed by atoms with Gasteiger partial charge in [0.2, 0.25) is 0 Å². The minimum absolute atomic E-state index is 0.00738. The van der Waals surface area contributed by atoms with Gasteiger partial charge in [-0.3, -0.25) is 9.89 Å². The fraction of sp³-hybridized carbons (Fsp3) is 0.360. The van der Waals surface area contributed by atoms with Gasteiger partial charge in [-0.2, -0.15) is 5.10 Å². The fourth-order valence-corrected chi connectivity index (χ4v) is 3.86. The maximum Gasteiger partial charge on any atom is 0.272 e. The van der Waals surface area contributed by atoms with E-state index in [4.69, 9.17) is 4.74 Å². The molecule has 4 rings (SSSR count). The van der Waals surface area contributed by atoms with E-state index in [0.717, 1.165) is 42.9 Å². The average Bonchev–Trinajstić information content (AvgIpc) is 3.29. The first-order valence-corrected chi connectivity index (χ1v) is 11.0. The molecule has 31 heavy (non-hydrogen) atoms. The van der Waals surface area contributed by atoms with Crippen LogP contribution in [0.15, 0.2) is 54.6 Å². The number of carbonyl (C=O) groups excluding carboxylic acids is 1. The van der Waals surface area contributed by atoms with Crippen molar-refractivity contribution in [3.05, 3.63) is 65.9 Å². The van der Waals surface area contributed by atoms with E-state index in [-0.39, 0.29) is 5.91 Å². The highest BCUT2D eigenvalue weighted by atomic mass is 16.5. The summed E-state index contributed by atoms with van der Waals surface area (Å²) >= 11 is 0. The van der Waals surface area contributed by atoms with Crippen LogP contribution in [0.5, 0.6) is 5.75 Å². The Hall–Kier alpha value is -3.28. The number of unbranched alkanes of at least 4 members (excludes halogenated alkanes) is 1. The number of aromatic amines is 1. The first kappa shape index (κ1) is 21.0. The number of rotatable bonds is 7. The summed E-state index contributed by atoms with van der Waals surface area (Å²) in [6.45, 7) is 7.95. The molecule has 2 aromatic carbocycles. The maximum absolute atomic E-state index is 13.0. The lowest BCUT2D eigenvalue weighted by Crippen LogP contribution is -2.48. The van der Waals surface area contributed by atoms with Crippen LogP contribution in [0.2, 0.25) is 0 Å². The zero-order valence-corrected chi connectivity index (χ0v) is 18.3. The zero-order chi connectivity index (χ0) is 21.6. The predicted octanol–water partition coefficient (Wildman–Crippen LogP) is 4.53. The molecule has 1 fully saturated rings. The molecule has 6 nitrogen and oxygen atoms in total. The number of nitrogens with one attached hydrogen (secondary N) is 1. The van der Waals surface area contributed by atoms with Crippen molar-refractivity contribution >= 4 is 11.6 Å². The predicted molar refractivity (Wildman–Crippen MR) is 124 cm³/mol. The van der Waals surface area contributed by atoms with Crippen LogP contribution < -0.4 is 9.64 Å². The molecule has 0 atom stereocenters. The SMILES string of the molecule is CCCCOc1ccccc1-c1cc(C(=O)N2CCN(c3cccc(C)c3)CC2)[nH]n1. The second-order valence-corrected chi connectivity index (χ2v) is 7.98. The number of aryl methyl sites for hydroxylation is 1. The van der Waals surface area contributed by atoms with Crippen LogP contribution in [0.3, 0.4) is 0 Å². The van der Waals surface area contributed by atoms with Crippen molar-refractivity contribution in [1.82, 2.24) is 15.1 Å². The van der Waals surface area contributed by atoms with Crippen LogP contribution >= 0.6 is 0 Å². The van der Waals surface area contributed by atoms with Crippen LogP contribution in [0.1, 0.15) is 35.8 Å². The summed E-state index contributed by atoms with van der Waals surface area (Å²) in [7, 11) is 0. The van der Waals surface area contributed by atoms with E-state index >= 15 is 0 Å². The van der Waals surface area contributed by atoms with Crippen molar-refractivity contribution in [3.63, 3.8) is 0 Å². The molecule has 0 bridgehead atoms. The number of anilines is 1. The summed E-state index contributed by atoms with van der Waals surface area (Å²) in [5.74, 6) is 0.792. The molecule has 0 saturated carbocycles. The van der Waals surface area contributed by atoms with Gasteiger partial charge >= 0.3 is 0 Å². The number of para-hydroxylation sites is 1. The Morgan fingerprint density at radius 1 is 1.06 bits per heavy atom. The Labute approximate surface area is 183 Å². The van der Waals surface area contributed by atoms with Crippen LogP contribution in [0, 0.1) is 6.92 Å². The Balaban J connectivity index is 1.41. The normalized spacial score (nSPS) is 14.0. The third-order valence-corrected chi connectivity index (χ3v) is 5.66. The molecule has 1 aliphatic rings. The van der Waals surface area contributed by atoms with Gasteiger partial charge in [0.15, 0.2) is 0 Å². The Bertz CT molecular complexity index is 1020. The van der Waals surface area contributed by atoms with Gasteiger partial charge < -0.3 is 14.5 Å². The number of H-pyrrole nitrogens is 1. The van der Waals surface area contributed by atoms with Crippen LogP contribution in [-0.4, -0.2) is 53.8 Å². The molecular weight excluding hydrogens is 388 g/mol. The van der Waals surface area contributed by atoms with E-state index < -0.39 is 0 Å². The summed E-state index contributed by atoms with van der Waals surface area (Å²) < 4.78 is 5.93. The number of amides is 1. The van der Waals surface area contributed by atoms with Crippen LogP contribution in [-0.2, 0) is 0 Å². The minimum Gasteiger partial charge on any atom is -0.493 e. The van der Waals surface area contributed by atoms with Crippen molar-refractivity contribution in [2.24, 2.45) is 0 Å². The van der Waals surface area contributed by atoms with Gasteiger partial charge in [-0.05, 0) is 49.2 Å². The molecular formula is C25H30N4O2. The van der Waals surface area contributed by atoms with E-state index in [2.05, 4.69) is 53.2 Å². The number of nitrogens with zero attached hydrogens (tertiary/aromatic N) is 3. The Morgan fingerprint density at radius 2 is 1.87 bits per heavy atom. The average molecular weight is 419 g/mol. The van der Waals surface area contributed by atoms with Gasteiger partial charge in [0.25, 0.3) is 5.91 Å². The number of piperazine rings is 1. The molecule has 6 heteroatoms. The summed E-state index contributed by atoms with van der Waals surface area (Å²) in [5, 5.41) is 7.34. The molecule has 3 aromatic rings. The van der Waals surface area contributed by atoms with Gasteiger partial charge in [0.1, 0.15) is 11.4 Å². The molecule has 1 aliphatic heterocycles. The second-order valence-electron chi connectivity index (χ2n) is 7.98. The van der Waals surface area contributed by atoms with Crippen LogP contribution in [0.25, 0.3) is 11.3 Å². The maximum atomic E-state index is 13.0. The quantitative estimate of drug-likeness (QED) is 0.573. The summed E-state index contributed by atoms with van der Waals surface area (Å²) in [5.41, 5.74) is 4.62. The molecule has 0 unspecified atom stereocenters. The van der Waals surface area contributed by atoms with Crippen molar-refractivity contribution in [2.45, 2.75) is 26.7 Å². The first-order valence-electron chi connectivity index (χ1n) is 11.0. The zero-order valence-electron chi connectivity index (χ0n) is 18.3. The fourth-order valence-electron chi connectivity index (χ4n) is 3.86. The first-order chi connectivity index (χ1) is 15.2. The molecule has 1 amide bonds. The summed E-state index contributed by atoms with van der Waals surface area (Å²) in [4.78, 5) is 17.3. The lowest BCUT2D eigenvalue weighted by molar-refractivity contribution is 0.0741. The standard InChI is InChI=1S/C25H30N4O2/c1-3-4-16-31-24-11-6-5-10-21(24)22-18-23(27-26-22)25(30)29-14-12-28(13-15-29)20-9-7-8-19(2)17-20/h5-11,17-18H,3-4,12-16H2,1-2H3,(H,26,27). The summed E-state index contributed by atoms with van der Waals surface area (Å²) in [6.07, 6.45) is 2.09. The third kappa shape index (κ3) is 4.90. The topological polar surface area (TPSA) is 61.5 Å². The largest absolute Gasteiger partial charge is 0.493 e. The number of hydrogen-bond donors (Lipinski definition) is 1. The molecule has 0 aliphatic carbocycles. The van der Waals surface area contributed by atoms with Crippen molar-refractivity contribution in [2.75, 3.05) is 37.7 Å². The van der Waals surface area contributed by atoms with E-state index in [1.807, 2.05) is 35.2 Å². The second kappa shape index (κ2) is 9.69. The third-order valence-electron chi connectivity index (χ3n) is 5.66. The molecule has 1 saturated heterocycles. The smallest absolute Gasteiger partial charge is 0.272 e. The van der Waals surface area contributed by atoms with Gasteiger partial charge in [0.05, 0.1) is 12.3 Å². The van der Waals surface area contributed by atoms with Gasteiger partial charge in [0, 0.05) is 37.4 Å². The highest BCUT2D eigenvalue weighted by Gasteiger charge is 2.24. The highest BCUT2D eigenvalue weighted by Crippen LogP contribution is 2.29. The number of carbonyl (C=O) groups is 1. The Morgan fingerprint density at radius 3 is 2.65 bits per heavy atom. The minimum atomic E-state index is -0.00738. The van der Waals surface area contributed by atoms with Crippen molar-refractivity contribution in [3.8, 4) is 17.0 Å². The van der Waals surface area contributed by atoms with Crippen LogP contribution in [0.4, 0.5) is 5.69 Å². The number of benzene rings is 2. The highest BCUT2D eigenvalue weighted by molar-refractivity contribution is 5.93. The number of ether oxygens (including phenoxy) is 1. The van der Waals surface area contributed by atoms with Gasteiger partial charge in [-0.1, -0.05) is 37.6 Å². The van der Waals surface area contributed by atoms with E-state index in [1.54, 1.807) is 0 Å². The monoisotopic (exact) mass is 418 g/mol. The lowest BCUT2D eigenvalue weighted by Gasteiger charge is -2.36. The van der Waals surface area contributed by atoms with Crippen molar-refractivity contribution < 1.29 is 9.53 Å². The lowest BCUT2D eigenvalue weighted by atomic mass is 10.1. The summed E-state index contributed by atoms with van der Waals surface area (Å²) in [6, 6.07) is 18.2. The molecule has 0 spiro atoms. The molecule has 1 aromatic heterocycles. The molecule has 162 valence electrons. The Kier molecular flexibility index (Phi) is 6.55. The number of hydrogen-bond acceptors (Lipinski definition) is 4. The van der Waals surface area contributed by atoms with Crippen molar-refractivity contribution in [1.29, 1.82) is 0 Å². The number of aromatic nitrogens is 2. The van der Waals surface area contributed by atoms with Gasteiger partial charge in [-0.25, -0.2) is 0 Å². The van der Waals surface area contributed by atoms with E-state index in [9.17, 15) is 4.79 Å². The molecule has 1 N–H and O–H groups in total. The van der Waals surface area contributed by atoms with E-state index in [1.165, 1.54) is 11.3 Å². The molecule has 2 heterocycles. The van der Waals surface area contributed by atoms with E-state index in [0.29, 0.717) is 25.4 Å². The van der Waals surface area contributed by atoms with Gasteiger partial charge in [-0.15, -0.1) is 0 Å². The molecule has 0 radical (unpaired) electrons.